The van der Waals surface area contributed by atoms with Crippen LogP contribution < -0.4 is 23.7 Å². The Morgan fingerprint density at radius 1 is 0.800 bits per heavy atom. The first-order chi connectivity index (χ1) is 12.2. The molecule has 0 spiro atoms. The van der Waals surface area contributed by atoms with E-state index in [0.29, 0.717) is 17.2 Å². The fourth-order valence-electron chi connectivity index (χ4n) is 3.15. The van der Waals surface area contributed by atoms with E-state index in [-0.39, 0.29) is 6.79 Å². The van der Waals surface area contributed by atoms with Gasteiger partial charge in [-0.3, -0.25) is 0 Å². The zero-order valence-electron chi connectivity index (χ0n) is 14.3. The van der Waals surface area contributed by atoms with E-state index in [0.717, 1.165) is 33.4 Å². The molecule has 0 fully saturated rings. The maximum atomic E-state index is 5.53. The molecular weight excluding hydrogens is 320 g/mol. The van der Waals surface area contributed by atoms with E-state index >= 15 is 0 Å². The summed E-state index contributed by atoms with van der Waals surface area (Å²) in [5, 5.41) is 2.15. The lowest BCUT2D eigenvalue weighted by Crippen LogP contribution is -1.96. The monoisotopic (exact) mass is 338 g/mol. The van der Waals surface area contributed by atoms with Crippen LogP contribution in [0.3, 0.4) is 0 Å². The normalized spacial score (nSPS) is 12.3. The van der Waals surface area contributed by atoms with Crippen LogP contribution >= 0.6 is 0 Å². The summed E-state index contributed by atoms with van der Waals surface area (Å²) in [5.41, 5.74) is 2.02. The maximum Gasteiger partial charge on any atom is 0.231 e. The van der Waals surface area contributed by atoms with Crippen molar-refractivity contribution in [3.8, 4) is 39.9 Å². The molecule has 3 aromatic carbocycles. The Bertz CT molecular complexity index is 923. The van der Waals surface area contributed by atoms with Crippen molar-refractivity contribution >= 4 is 10.8 Å². The molecule has 0 unspecified atom stereocenters. The number of fused-ring (bicyclic) bond motifs is 2. The van der Waals surface area contributed by atoms with Crippen LogP contribution in [0.2, 0.25) is 0 Å². The molecule has 0 radical (unpaired) electrons. The molecule has 0 amide bonds. The molecule has 1 aliphatic rings. The summed E-state index contributed by atoms with van der Waals surface area (Å²) in [5.74, 6) is 3.35. The van der Waals surface area contributed by atoms with E-state index in [1.165, 1.54) is 0 Å². The second-order valence-electron chi connectivity index (χ2n) is 5.65. The lowest BCUT2D eigenvalue weighted by atomic mass is 9.97. The second-order valence-corrected chi connectivity index (χ2v) is 5.65. The minimum Gasteiger partial charge on any atom is -0.493 e. The zero-order valence-corrected chi connectivity index (χ0v) is 14.3. The van der Waals surface area contributed by atoms with Crippen molar-refractivity contribution in [1.82, 2.24) is 0 Å². The summed E-state index contributed by atoms with van der Waals surface area (Å²) in [6, 6.07) is 14.0. The van der Waals surface area contributed by atoms with Crippen LogP contribution in [0, 0.1) is 0 Å². The molecular formula is C20H18O5. The molecule has 3 aromatic rings. The van der Waals surface area contributed by atoms with Gasteiger partial charge in [0.2, 0.25) is 12.5 Å². The van der Waals surface area contributed by atoms with Crippen molar-refractivity contribution in [2.75, 3.05) is 28.1 Å². The van der Waals surface area contributed by atoms with Crippen molar-refractivity contribution in [3.63, 3.8) is 0 Å². The van der Waals surface area contributed by atoms with Crippen LogP contribution in [0.5, 0.6) is 28.7 Å². The molecule has 0 aliphatic carbocycles. The van der Waals surface area contributed by atoms with Crippen molar-refractivity contribution < 1.29 is 23.7 Å². The third-order valence-electron chi connectivity index (χ3n) is 4.35. The minimum absolute atomic E-state index is 0.255. The minimum atomic E-state index is 0.255. The summed E-state index contributed by atoms with van der Waals surface area (Å²) in [6.07, 6.45) is 0. The van der Waals surface area contributed by atoms with Crippen molar-refractivity contribution in [1.29, 1.82) is 0 Å². The van der Waals surface area contributed by atoms with Gasteiger partial charge in [-0.25, -0.2) is 0 Å². The van der Waals surface area contributed by atoms with E-state index in [1.54, 1.807) is 21.3 Å². The molecule has 4 rings (SSSR count). The molecule has 0 aromatic heterocycles. The van der Waals surface area contributed by atoms with Gasteiger partial charge < -0.3 is 23.7 Å². The molecule has 5 nitrogen and oxygen atoms in total. The number of hydrogen-bond acceptors (Lipinski definition) is 5. The average molecular weight is 338 g/mol. The SMILES string of the molecule is COc1cc(-c2cccc3cc4c(cc23)OCO4)cc(OC)c1OC. The summed E-state index contributed by atoms with van der Waals surface area (Å²) >= 11 is 0. The Balaban J connectivity index is 1.95. The Kier molecular flexibility index (Phi) is 3.76. The number of hydrogen-bond donors (Lipinski definition) is 0. The van der Waals surface area contributed by atoms with Crippen molar-refractivity contribution in [2.24, 2.45) is 0 Å². The van der Waals surface area contributed by atoms with E-state index in [9.17, 15) is 0 Å². The Morgan fingerprint density at radius 2 is 1.48 bits per heavy atom. The first-order valence-corrected chi connectivity index (χ1v) is 7.88. The van der Waals surface area contributed by atoms with E-state index in [4.69, 9.17) is 23.7 Å². The van der Waals surface area contributed by atoms with Crippen LogP contribution in [-0.2, 0) is 0 Å². The van der Waals surface area contributed by atoms with Gasteiger partial charge >= 0.3 is 0 Å². The van der Waals surface area contributed by atoms with Crippen LogP contribution in [-0.4, -0.2) is 28.1 Å². The average Bonchev–Trinajstić information content (AvgIpc) is 3.11. The van der Waals surface area contributed by atoms with Crippen molar-refractivity contribution in [3.05, 3.63) is 42.5 Å². The van der Waals surface area contributed by atoms with Gasteiger partial charge in [-0.2, -0.15) is 0 Å². The smallest absolute Gasteiger partial charge is 0.231 e. The molecule has 0 saturated heterocycles. The van der Waals surface area contributed by atoms with Gasteiger partial charge in [-0.05, 0) is 46.2 Å². The molecule has 1 heterocycles. The zero-order chi connectivity index (χ0) is 17.4. The highest BCUT2D eigenvalue weighted by Gasteiger charge is 2.18. The third kappa shape index (κ3) is 2.48. The standard InChI is InChI=1S/C20H18O5/c1-21-18-8-13(9-19(22-2)20(18)23-3)14-6-4-5-12-7-16-17(10-15(12)14)25-11-24-16/h4-10H,11H2,1-3H3. The fraction of sp³-hybridized carbons (Fsp3) is 0.200. The van der Waals surface area contributed by atoms with Gasteiger partial charge in [0.25, 0.3) is 0 Å². The Labute approximate surface area is 145 Å². The highest BCUT2D eigenvalue weighted by atomic mass is 16.7. The topological polar surface area (TPSA) is 46.2 Å². The summed E-state index contributed by atoms with van der Waals surface area (Å²) in [4.78, 5) is 0. The highest BCUT2D eigenvalue weighted by Crippen LogP contribution is 2.44. The van der Waals surface area contributed by atoms with E-state index < -0.39 is 0 Å². The lowest BCUT2D eigenvalue weighted by Gasteiger charge is -2.15. The number of methoxy groups -OCH3 is 3. The molecule has 0 saturated carbocycles. The van der Waals surface area contributed by atoms with Gasteiger partial charge in [0.05, 0.1) is 21.3 Å². The van der Waals surface area contributed by atoms with Crippen LogP contribution in [0.25, 0.3) is 21.9 Å². The molecule has 5 heteroatoms. The van der Waals surface area contributed by atoms with Crippen LogP contribution in [0.4, 0.5) is 0 Å². The van der Waals surface area contributed by atoms with Gasteiger partial charge in [0, 0.05) is 0 Å². The summed E-state index contributed by atoms with van der Waals surface area (Å²) < 4.78 is 27.4. The van der Waals surface area contributed by atoms with Crippen LogP contribution in [0.15, 0.2) is 42.5 Å². The van der Waals surface area contributed by atoms with E-state index in [1.807, 2.05) is 30.3 Å². The Hall–Kier alpha value is -3.08. The molecule has 0 atom stereocenters. The molecule has 0 bridgehead atoms. The fourth-order valence-corrected chi connectivity index (χ4v) is 3.15. The molecule has 128 valence electrons. The lowest BCUT2D eigenvalue weighted by molar-refractivity contribution is 0.174. The van der Waals surface area contributed by atoms with Crippen molar-refractivity contribution in [2.45, 2.75) is 0 Å². The number of rotatable bonds is 4. The number of ether oxygens (including phenoxy) is 5. The van der Waals surface area contributed by atoms with Gasteiger partial charge in [0.1, 0.15) is 0 Å². The third-order valence-corrected chi connectivity index (χ3v) is 4.35. The maximum absolute atomic E-state index is 5.53. The first-order valence-electron chi connectivity index (χ1n) is 7.88. The Morgan fingerprint density at radius 3 is 2.12 bits per heavy atom. The van der Waals surface area contributed by atoms with Gasteiger partial charge in [-0.1, -0.05) is 18.2 Å². The molecule has 25 heavy (non-hydrogen) atoms. The predicted octanol–water partition coefficient (Wildman–Crippen LogP) is 4.26. The second kappa shape index (κ2) is 6.09. The highest BCUT2D eigenvalue weighted by molar-refractivity contribution is 5.99. The van der Waals surface area contributed by atoms with E-state index in [2.05, 4.69) is 12.1 Å². The number of benzene rings is 3. The predicted molar refractivity (Wildman–Crippen MR) is 95.2 cm³/mol. The largest absolute Gasteiger partial charge is 0.493 e. The summed E-state index contributed by atoms with van der Waals surface area (Å²) in [6.45, 7) is 0.255. The quantitative estimate of drug-likeness (QED) is 0.711. The molecule has 0 N–H and O–H groups in total. The van der Waals surface area contributed by atoms with Gasteiger partial charge in [0.15, 0.2) is 23.0 Å². The molecule has 1 aliphatic heterocycles. The first kappa shape index (κ1) is 15.4. The van der Waals surface area contributed by atoms with Gasteiger partial charge in [-0.15, -0.1) is 0 Å². The summed E-state index contributed by atoms with van der Waals surface area (Å²) in [7, 11) is 4.82. The van der Waals surface area contributed by atoms with Crippen LogP contribution in [0.1, 0.15) is 0 Å².